The van der Waals surface area contributed by atoms with Crippen molar-refractivity contribution in [3.63, 3.8) is 0 Å². The molecule has 0 radical (unpaired) electrons. The molecule has 1 aliphatic heterocycles. The zero-order chi connectivity index (χ0) is 29.6. The summed E-state index contributed by atoms with van der Waals surface area (Å²) in [4.78, 5) is 44.0. The fourth-order valence-electron chi connectivity index (χ4n) is 6.05. The Morgan fingerprint density at radius 3 is 2.23 bits per heavy atom. The standard InChI is InChI=1S/C28H37N4O7P/c1-7-13-25(14-8-2,39-40(35)36)27(16-10-4)28(17-11-5,37-18-12-6)26(34,15-9-3)24(38-27)32-20-31-21-22(32)29-19-30-23(21)33/h7-12,19-20,24,34-36H,1-6,13-18H2,(H,29,30,33)/t24-,26+,27-,28+/m1/s1. The maximum Gasteiger partial charge on any atom is 0.327 e. The van der Waals surface area contributed by atoms with E-state index in [1.54, 1.807) is 24.3 Å². The van der Waals surface area contributed by atoms with Gasteiger partial charge in [-0.2, -0.15) is 0 Å². The van der Waals surface area contributed by atoms with Gasteiger partial charge in [-0.05, 0) is 12.8 Å². The first kappa shape index (κ1) is 31.5. The molecular weight excluding hydrogens is 535 g/mol. The molecule has 11 nitrogen and oxygen atoms in total. The van der Waals surface area contributed by atoms with Gasteiger partial charge in [0.1, 0.15) is 22.4 Å². The molecule has 0 saturated carbocycles. The highest BCUT2D eigenvalue weighted by atomic mass is 31.2. The van der Waals surface area contributed by atoms with Gasteiger partial charge in [0.25, 0.3) is 5.56 Å². The Bertz CT molecular complexity index is 1310. The van der Waals surface area contributed by atoms with Crippen LogP contribution < -0.4 is 5.56 Å². The van der Waals surface area contributed by atoms with Crippen LogP contribution in [0.25, 0.3) is 11.2 Å². The van der Waals surface area contributed by atoms with Crippen LogP contribution in [0, 0.1) is 0 Å². The van der Waals surface area contributed by atoms with Gasteiger partial charge in [0.2, 0.25) is 0 Å². The Balaban J connectivity index is 2.55. The molecule has 3 rings (SSSR count). The summed E-state index contributed by atoms with van der Waals surface area (Å²) in [6.45, 7) is 23.3. The summed E-state index contributed by atoms with van der Waals surface area (Å²) in [5, 5.41) is 12.9. The summed E-state index contributed by atoms with van der Waals surface area (Å²) in [7, 11) is -2.95. The van der Waals surface area contributed by atoms with Crippen LogP contribution in [0.3, 0.4) is 0 Å². The lowest BCUT2D eigenvalue weighted by Crippen LogP contribution is -2.72. The number of H-pyrrole nitrogens is 1. The van der Waals surface area contributed by atoms with Gasteiger partial charge < -0.3 is 33.9 Å². The first-order chi connectivity index (χ1) is 19.1. The van der Waals surface area contributed by atoms with Crippen molar-refractivity contribution in [2.45, 2.75) is 60.7 Å². The highest BCUT2D eigenvalue weighted by Crippen LogP contribution is 2.65. The van der Waals surface area contributed by atoms with Gasteiger partial charge >= 0.3 is 8.60 Å². The summed E-state index contributed by atoms with van der Waals surface area (Å²) in [5.41, 5.74) is -7.26. The van der Waals surface area contributed by atoms with Crippen LogP contribution in [0.4, 0.5) is 0 Å². The number of imidazole rings is 1. The number of fused-ring (bicyclic) bond motifs is 1. The van der Waals surface area contributed by atoms with Crippen LogP contribution in [0.5, 0.6) is 0 Å². The number of aromatic amines is 1. The predicted molar refractivity (Wildman–Crippen MR) is 154 cm³/mol. The molecule has 0 aliphatic carbocycles. The van der Waals surface area contributed by atoms with E-state index < -0.39 is 42.8 Å². The molecule has 0 amide bonds. The minimum absolute atomic E-state index is 0.000565. The molecule has 2 aromatic heterocycles. The molecule has 2 aromatic rings. The molecular formula is C28H37N4O7P. The average molecular weight is 573 g/mol. The Labute approximate surface area is 234 Å². The molecule has 4 N–H and O–H groups in total. The second-order valence-electron chi connectivity index (χ2n) is 9.51. The van der Waals surface area contributed by atoms with E-state index in [1.165, 1.54) is 29.4 Å². The van der Waals surface area contributed by atoms with Crippen LogP contribution in [0.15, 0.2) is 93.4 Å². The van der Waals surface area contributed by atoms with Crippen molar-refractivity contribution in [1.29, 1.82) is 0 Å². The average Bonchev–Trinajstić information content (AvgIpc) is 3.41. The fourth-order valence-corrected chi connectivity index (χ4v) is 6.66. The number of hydrogen-bond donors (Lipinski definition) is 4. The third kappa shape index (κ3) is 4.77. The highest BCUT2D eigenvalue weighted by molar-refractivity contribution is 7.39. The number of rotatable bonds is 17. The molecule has 216 valence electrons. The summed E-state index contributed by atoms with van der Waals surface area (Å²) in [5.74, 6) is 0. The topological polar surface area (TPSA) is 152 Å². The molecule has 0 unspecified atom stereocenters. The molecule has 0 aromatic carbocycles. The normalized spacial score (nSPS) is 26.6. The number of nitrogens with zero attached hydrogens (tertiary/aromatic N) is 3. The Hall–Kier alpha value is -3.02. The zero-order valence-corrected chi connectivity index (χ0v) is 23.3. The van der Waals surface area contributed by atoms with Crippen LogP contribution in [0.2, 0.25) is 0 Å². The van der Waals surface area contributed by atoms with Gasteiger partial charge in [-0.1, -0.05) is 36.5 Å². The maximum atomic E-state index is 12.9. The van der Waals surface area contributed by atoms with Gasteiger partial charge in [0, 0.05) is 19.3 Å². The number of nitrogens with one attached hydrogen (secondary N) is 1. The third-order valence-corrected chi connectivity index (χ3v) is 7.91. The van der Waals surface area contributed by atoms with Crippen molar-refractivity contribution in [2.24, 2.45) is 0 Å². The summed E-state index contributed by atoms with van der Waals surface area (Å²) in [6, 6.07) is 0. The molecule has 0 bridgehead atoms. The van der Waals surface area contributed by atoms with E-state index in [0.717, 1.165) is 0 Å². The number of hydrogen-bond acceptors (Lipinski definition) is 9. The van der Waals surface area contributed by atoms with Gasteiger partial charge in [0.15, 0.2) is 17.4 Å². The second-order valence-corrected chi connectivity index (χ2v) is 10.2. The smallest absolute Gasteiger partial charge is 0.327 e. The summed E-state index contributed by atoms with van der Waals surface area (Å²) >= 11 is 0. The van der Waals surface area contributed by atoms with E-state index in [4.69, 9.17) is 14.0 Å². The lowest BCUT2D eigenvalue weighted by atomic mass is 9.59. The lowest BCUT2D eigenvalue weighted by molar-refractivity contribution is -0.253. The van der Waals surface area contributed by atoms with Crippen LogP contribution in [-0.4, -0.2) is 63.4 Å². The van der Waals surface area contributed by atoms with Crippen molar-refractivity contribution >= 4 is 19.8 Å². The van der Waals surface area contributed by atoms with Crippen LogP contribution >= 0.6 is 8.60 Å². The monoisotopic (exact) mass is 572 g/mol. The largest absolute Gasteiger partial charge is 0.382 e. The summed E-state index contributed by atoms with van der Waals surface area (Å²) in [6.07, 6.45) is 10.5. The fraction of sp³-hybridized carbons (Fsp3) is 0.393. The molecule has 1 aliphatic rings. The highest BCUT2D eigenvalue weighted by Gasteiger charge is 2.79. The number of aromatic nitrogens is 4. The van der Waals surface area contributed by atoms with Crippen molar-refractivity contribution in [2.75, 3.05) is 6.61 Å². The van der Waals surface area contributed by atoms with Gasteiger partial charge in [-0.3, -0.25) is 9.36 Å². The van der Waals surface area contributed by atoms with E-state index in [2.05, 4.69) is 54.4 Å². The van der Waals surface area contributed by atoms with Gasteiger partial charge in [-0.15, -0.1) is 39.5 Å². The molecule has 0 spiro atoms. The van der Waals surface area contributed by atoms with E-state index in [0.29, 0.717) is 0 Å². The van der Waals surface area contributed by atoms with Crippen molar-refractivity contribution in [3.05, 3.63) is 98.9 Å². The van der Waals surface area contributed by atoms with Gasteiger partial charge in [0.05, 0.1) is 19.3 Å². The van der Waals surface area contributed by atoms with E-state index in [9.17, 15) is 19.7 Å². The van der Waals surface area contributed by atoms with Crippen LogP contribution in [-0.2, 0) is 14.0 Å². The molecule has 1 fully saturated rings. The van der Waals surface area contributed by atoms with Crippen molar-refractivity contribution < 1.29 is 28.9 Å². The Morgan fingerprint density at radius 2 is 1.68 bits per heavy atom. The van der Waals surface area contributed by atoms with Gasteiger partial charge in [-0.25, -0.2) is 9.97 Å². The van der Waals surface area contributed by atoms with Crippen LogP contribution in [0.1, 0.15) is 38.3 Å². The minimum Gasteiger partial charge on any atom is -0.382 e. The quantitative estimate of drug-likeness (QED) is 0.163. The first-order valence-electron chi connectivity index (χ1n) is 12.6. The second kappa shape index (κ2) is 12.7. The van der Waals surface area contributed by atoms with E-state index >= 15 is 0 Å². The van der Waals surface area contributed by atoms with E-state index in [1.807, 2.05) is 0 Å². The SMILES string of the molecule is C=CCO[C@@]1(CC=C)[C@](O)(CC=C)[C@H](n2cnc3c(=O)[nH]cnc32)O[C@]1(CC=C)C(CC=C)(CC=C)OP(O)O. The predicted octanol–water partition coefficient (Wildman–Crippen LogP) is 3.91. The summed E-state index contributed by atoms with van der Waals surface area (Å²) < 4.78 is 20.9. The van der Waals surface area contributed by atoms with Crippen molar-refractivity contribution in [1.82, 2.24) is 19.5 Å². The number of ether oxygens (including phenoxy) is 2. The third-order valence-electron chi connectivity index (χ3n) is 7.40. The first-order valence-corrected chi connectivity index (χ1v) is 13.8. The van der Waals surface area contributed by atoms with Crippen molar-refractivity contribution in [3.8, 4) is 0 Å². The molecule has 12 heteroatoms. The Morgan fingerprint density at radius 1 is 1.02 bits per heavy atom. The Kier molecular flexibility index (Phi) is 9.97. The number of aliphatic hydroxyl groups is 1. The molecule has 3 heterocycles. The minimum atomic E-state index is -2.95. The zero-order valence-electron chi connectivity index (χ0n) is 22.4. The molecule has 4 atom stereocenters. The maximum absolute atomic E-state index is 12.9. The molecule has 40 heavy (non-hydrogen) atoms. The van der Waals surface area contributed by atoms with E-state index in [-0.39, 0.29) is 49.9 Å². The molecule has 1 saturated heterocycles. The lowest BCUT2D eigenvalue weighted by Gasteiger charge is -2.56.